The molecule has 2 N–H and O–H groups in total. The molecule has 0 aliphatic carbocycles. The van der Waals surface area contributed by atoms with Crippen LogP contribution in [0.25, 0.3) is 0 Å². The van der Waals surface area contributed by atoms with Gasteiger partial charge in [0.15, 0.2) is 0 Å². The number of hydrogen-bond donors (Lipinski definition) is 1. The molecule has 0 radical (unpaired) electrons. The Morgan fingerprint density at radius 3 is 3.00 bits per heavy atom. The maximum Gasteiger partial charge on any atom is 0.224 e. The Labute approximate surface area is 108 Å². The van der Waals surface area contributed by atoms with Gasteiger partial charge in [0.05, 0.1) is 13.2 Å². The number of ether oxygens (including phenoxy) is 1. The summed E-state index contributed by atoms with van der Waals surface area (Å²) in [7, 11) is 0. The number of amides is 1. The predicted molar refractivity (Wildman–Crippen MR) is 70.1 cm³/mol. The van der Waals surface area contributed by atoms with Gasteiger partial charge in [-0.3, -0.25) is 4.79 Å². The minimum absolute atomic E-state index is 0.0123. The molecule has 1 aromatic rings. The molecule has 0 spiro atoms. The molecule has 0 unspecified atom stereocenters. The molecule has 98 valence electrons. The molecular weight excluding hydrogens is 228 g/mol. The fourth-order valence-corrected chi connectivity index (χ4v) is 2.29. The van der Waals surface area contributed by atoms with Crippen LogP contribution in [0.1, 0.15) is 23.7 Å². The molecule has 1 atom stereocenters. The van der Waals surface area contributed by atoms with E-state index < -0.39 is 0 Å². The summed E-state index contributed by atoms with van der Waals surface area (Å²) in [5.74, 6) is 0.124. The molecule has 4 nitrogen and oxygen atoms in total. The van der Waals surface area contributed by atoms with Gasteiger partial charge in [0.1, 0.15) is 6.10 Å². The highest BCUT2D eigenvalue weighted by atomic mass is 16.5. The number of carbonyl (C=O) groups excluding carboxylic acids is 1. The molecule has 0 aromatic heterocycles. The summed E-state index contributed by atoms with van der Waals surface area (Å²) in [6, 6.07) is 8.15. The quantitative estimate of drug-likeness (QED) is 0.875. The molecule has 18 heavy (non-hydrogen) atoms. The van der Waals surface area contributed by atoms with Crippen molar-refractivity contribution in [1.82, 2.24) is 4.90 Å². The van der Waals surface area contributed by atoms with Crippen LogP contribution in [0.15, 0.2) is 24.3 Å². The third kappa shape index (κ3) is 2.89. The standard InChI is InChI=1S/C14H20N2O2/c1-11-4-2-3-5-12(11)13-10-16(8-9-18-13)14(17)6-7-15/h2-5,13H,6-10,15H2,1H3/t13-/m1/s1. The average Bonchev–Trinajstić information content (AvgIpc) is 2.40. The lowest BCUT2D eigenvalue weighted by Gasteiger charge is -2.33. The van der Waals surface area contributed by atoms with Crippen LogP contribution in [0, 0.1) is 6.92 Å². The van der Waals surface area contributed by atoms with Crippen molar-refractivity contribution in [2.75, 3.05) is 26.2 Å². The van der Waals surface area contributed by atoms with Gasteiger partial charge in [0.2, 0.25) is 5.91 Å². The lowest BCUT2D eigenvalue weighted by Crippen LogP contribution is -2.42. The van der Waals surface area contributed by atoms with Gasteiger partial charge in [-0.15, -0.1) is 0 Å². The first-order valence-electron chi connectivity index (χ1n) is 6.37. The number of morpholine rings is 1. The molecule has 1 aliphatic heterocycles. The number of carbonyl (C=O) groups is 1. The Kier molecular flexibility index (Phi) is 4.33. The fraction of sp³-hybridized carbons (Fsp3) is 0.500. The van der Waals surface area contributed by atoms with E-state index in [1.165, 1.54) is 11.1 Å². The van der Waals surface area contributed by atoms with E-state index in [9.17, 15) is 4.79 Å². The second-order valence-corrected chi connectivity index (χ2v) is 4.59. The largest absolute Gasteiger partial charge is 0.370 e. The zero-order chi connectivity index (χ0) is 13.0. The summed E-state index contributed by atoms with van der Waals surface area (Å²) >= 11 is 0. The molecule has 1 heterocycles. The van der Waals surface area contributed by atoms with Crippen LogP contribution in [0.5, 0.6) is 0 Å². The summed E-state index contributed by atoms with van der Waals surface area (Å²) in [6.45, 7) is 4.37. The zero-order valence-corrected chi connectivity index (χ0v) is 10.8. The van der Waals surface area contributed by atoms with E-state index in [0.717, 1.165) is 0 Å². The second-order valence-electron chi connectivity index (χ2n) is 4.59. The molecule has 4 heteroatoms. The normalized spacial score (nSPS) is 19.9. The van der Waals surface area contributed by atoms with Gasteiger partial charge in [-0.05, 0) is 18.1 Å². The highest BCUT2D eigenvalue weighted by Crippen LogP contribution is 2.25. The van der Waals surface area contributed by atoms with Crippen molar-refractivity contribution in [3.05, 3.63) is 35.4 Å². The second kappa shape index (κ2) is 5.98. The van der Waals surface area contributed by atoms with Crippen LogP contribution < -0.4 is 5.73 Å². The van der Waals surface area contributed by atoms with Crippen LogP contribution >= 0.6 is 0 Å². The van der Waals surface area contributed by atoms with Crippen LogP contribution in [0.4, 0.5) is 0 Å². The van der Waals surface area contributed by atoms with E-state index >= 15 is 0 Å². The average molecular weight is 248 g/mol. The van der Waals surface area contributed by atoms with Crippen molar-refractivity contribution in [2.45, 2.75) is 19.4 Å². The number of rotatable bonds is 3. The Hall–Kier alpha value is -1.39. The lowest BCUT2D eigenvalue weighted by molar-refractivity contribution is -0.138. The van der Waals surface area contributed by atoms with Crippen molar-refractivity contribution in [2.24, 2.45) is 5.73 Å². The molecule has 1 amide bonds. The lowest BCUT2D eigenvalue weighted by atomic mass is 10.0. The molecule has 1 aromatic carbocycles. The van der Waals surface area contributed by atoms with E-state index in [4.69, 9.17) is 10.5 Å². The van der Waals surface area contributed by atoms with Gasteiger partial charge < -0.3 is 15.4 Å². The van der Waals surface area contributed by atoms with Gasteiger partial charge in [-0.2, -0.15) is 0 Å². The molecular formula is C14H20N2O2. The van der Waals surface area contributed by atoms with Crippen molar-refractivity contribution < 1.29 is 9.53 Å². The maximum atomic E-state index is 11.9. The van der Waals surface area contributed by atoms with E-state index in [1.807, 2.05) is 17.0 Å². The summed E-state index contributed by atoms with van der Waals surface area (Å²) in [4.78, 5) is 13.7. The first-order chi connectivity index (χ1) is 8.72. The summed E-state index contributed by atoms with van der Waals surface area (Å²) in [5.41, 5.74) is 7.80. The SMILES string of the molecule is Cc1ccccc1[C@H]1CN(C(=O)CCN)CCO1. The predicted octanol–water partition coefficient (Wildman–Crippen LogP) is 1.24. The Bertz CT molecular complexity index is 420. The van der Waals surface area contributed by atoms with Gasteiger partial charge in [-0.1, -0.05) is 24.3 Å². The van der Waals surface area contributed by atoms with Crippen LogP contribution in [0.3, 0.4) is 0 Å². The minimum atomic E-state index is -0.0123. The zero-order valence-electron chi connectivity index (χ0n) is 10.8. The van der Waals surface area contributed by atoms with Crippen LogP contribution in [-0.2, 0) is 9.53 Å². The van der Waals surface area contributed by atoms with Gasteiger partial charge in [0, 0.05) is 19.5 Å². The summed E-state index contributed by atoms with van der Waals surface area (Å²) < 4.78 is 5.78. The van der Waals surface area contributed by atoms with Gasteiger partial charge >= 0.3 is 0 Å². The molecule has 2 rings (SSSR count). The van der Waals surface area contributed by atoms with E-state index in [1.54, 1.807) is 0 Å². The van der Waals surface area contributed by atoms with Gasteiger partial charge in [0.25, 0.3) is 0 Å². The number of nitrogens with two attached hydrogens (primary N) is 1. The highest BCUT2D eigenvalue weighted by molar-refractivity contribution is 5.76. The third-order valence-corrected chi connectivity index (χ3v) is 3.31. The molecule has 0 bridgehead atoms. The van der Waals surface area contributed by atoms with Gasteiger partial charge in [-0.25, -0.2) is 0 Å². The highest BCUT2D eigenvalue weighted by Gasteiger charge is 2.25. The van der Waals surface area contributed by atoms with Crippen molar-refractivity contribution in [3.63, 3.8) is 0 Å². The first kappa shape index (κ1) is 13.1. The fourth-order valence-electron chi connectivity index (χ4n) is 2.29. The third-order valence-electron chi connectivity index (χ3n) is 3.31. The Balaban J connectivity index is 2.07. The summed E-state index contributed by atoms with van der Waals surface area (Å²) in [5, 5.41) is 0. The van der Waals surface area contributed by atoms with Crippen molar-refractivity contribution in [1.29, 1.82) is 0 Å². The van der Waals surface area contributed by atoms with Crippen molar-refractivity contribution in [3.8, 4) is 0 Å². The molecule has 1 fully saturated rings. The smallest absolute Gasteiger partial charge is 0.224 e. The maximum absolute atomic E-state index is 11.9. The molecule has 1 aliphatic rings. The number of hydrogen-bond acceptors (Lipinski definition) is 3. The van der Waals surface area contributed by atoms with E-state index in [-0.39, 0.29) is 12.0 Å². The monoisotopic (exact) mass is 248 g/mol. The number of aryl methyl sites for hydroxylation is 1. The van der Waals surface area contributed by atoms with E-state index in [0.29, 0.717) is 32.7 Å². The molecule has 0 saturated carbocycles. The minimum Gasteiger partial charge on any atom is -0.370 e. The Morgan fingerprint density at radius 2 is 2.28 bits per heavy atom. The van der Waals surface area contributed by atoms with Crippen LogP contribution in [-0.4, -0.2) is 37.0 Å². The van der Waals surface area contributed by atoms with E-state index in [2.05, 4.69) is 19.1 Å². The molecule has 1 saturated heterocycles. The summed E-state index contributed by atoms with van der Waals surface area (Å²) in [6.07, 6.45) is 0.405. The van der Waals surface area contributed by atoms with Crippen molar-refractivity contribution >= 4 is 5.91 Å². The number of nitrogens with zero attached hydrogens (tertiary/aromatic N) is 1. The Morgan fingerprint density at radius 1 is 1.50 bits per heavy atom. The first-order valence-corrected chi connectivity index (χ1v) is 6.37. The van der Waals surface area contributed by atoms with Crippen LogP contribution in [0.2, 0.25) is 0 Å². The topological polar surface area (TPSA) is 55.6 Å². The number of benzene rings is 1.